The van der Waals surface area contributed by atoms with Crippen molar-refractivity contribution in [1.29, 1.82) is 0 Å². The van der Waals surface area contributed by atoms with Crippen molar-refractivity contribution < 1.29 is 14.3 Å². The standard InChI is InChI=1S/C13H10BrFN2O2/c14-10-5-7(15)1-4-12(10)17-13(19)9-6-8(18)2-3-11(9)16/h1-6,18H,16H2,(H,17,19). The topological polar surface area (TPSA) is 75.3 Å². The summed E-state index contributed by atoms with van der Waals surface area (Å²) in [5.41, 5.74) is 6.47. The fourth-order valence-corrected chi connectivity index (χ4v) is 1.97. The molecule has 1 amide bonds. The molecule has 0 aliphatic heterocycles. The van der Waals surface area contributed by atoms with Crippen molar-refractivity contribution in [2.24, 2.45) is 0 Å². The number of rotatable bonds is 2. The van der Waals surface area contributed by atoms with Gasteiger partial charge in [0.1, 0.15) is 11.6 Å². The summed E-state index contributed by atoms with van der Waals surface area (Å²) in [7, 11) is 0. The average Bonchev–Trinajstić information content (AvgIpc) is 2.35. The lowest BCUT2D eigenvalue weighted by Crippen LogP contribution is -2.14. The molecule has 0 saturated heterocycles. The van der Waals surface area contributed by atoms with Crippen molar-refractivity contribution in [2.75, 3.05) is 11.1 Å². The van der Waals surface area contributed by atoms with E-state index in [0.29, 0.717) is 10.2 Å². The number of halogens is 2. The summed E-state index contributed by atoms with van der Waals surface area (Å²) >= 11 is 3.15. The highest BCUT2D eigenvalue weighted by Crippen LogP contribution is 2.25. The molecule has 0 aliphatic rings. The van der Waals surface area contributed by atoms with Crippen LogP contribution in [0.15, 0.2) is 40.9 Å². The third-order valence-corrected chi connectivity index (χ3v) is 3.12. The normalized spacial score (nSPS) is 10.2. The predicted molar refractivity (Wildman–Crippen MR) is 74.6 cm³/mol. The number of carbonyl (C=O) groups is 1. The monoisotopic (exact) mass is 324 g/mol. The number of hydrogen-bond donors (Lipinski definition) is 3. The minimum absolute atomic E-state index is 0.0579. The third-order valence-electron chi connectivity index (χ3n) is 2.46. The van der Waals surface area contributed by atoms with Crippen molar-refractivity contribution in [2.45, 2.75) is 0 Å². The number of carbonyl (C=O) groups excluding carboxylic acids is 1. The molecule has 19 heavy (non-hydrogen) atoms. The Bertz CT molecular complexity index is 647. The number of phenols is 1. The van der Waals surface area contributed by atoms with Gasteiger partial charge in [-0.15, -0.1) is 0 Å². The molecule has 2 aromatic rings. The van der Waals surface area contributed by atoms with Crippen LogP contribution >= 0.6 is 15.9 Å². The van der Waals surface area contributed by atoms with Gasteiger partial charge in [-0.05, 0) is 52.3 Å². The fraction of sp³-hybridized carbons (Fsp3) is 0. The van der Waals surface area contributed by atoms with Crippen molar-refractivity contribution >= 4 is 33.2 Å². The van der Waals surface area contributed by atoms with Crippen molar-refractivity contribution in [3.8, 4) is 5.75 Å². The number of nitrogens with one attached hydrogen (secondary N) is 1. The van der Waals surface area contributed by atoms with Crippen molar-refractivity contribution in [3.05, 3.63) is 52.3 Å². The largest absolute Gasteiger partial charge is 0.508 e. The lowest BCUT2D eigenvalue weighted by Gasteiger charge is -2.09. The van der Waals surface area contributed by atoms with E-state index < -0.39 is 11.7 Å². The van der Waals surface area contributed by atoms with E-state index in [9.17, 15) is 14.3 Å². The second-order valence-corrected chi connectivity index (χ2v) is 4.70. The minimum Gasteiger partial charge on any atom is -0.508 e. The van der Waals surface area contributed by atoms with Crippen LogP contribution in [0, 0.1) is 5.82 Å². The lowest BCUT2D eigenvalue weighted by molar-refractivity contribution is 0.102. The number of phenolic OH excluding ortho intramolecular Hbond substituents is 1. The van der Waals surface area contributed by atoms with Crippen LogP contribution in [-0.2, 0) is 0 Å². The third kappa shape index (κ3) is 3.03. The van der Waals surface area contributed by atoms with Gasteiger partial charge in [-0.25, -0.2) is 4.39 Å². The van der Waals surface area contributed by atoms with Gasteiger partial charge in [0.15, 0.2) is 0 Å². The van der Waals surface area contributed by atoms with Gasteiger partial charge in [0.05, 0.1) is 11.3 Å². The first kappa shape index (κ1) is 13.4. The van der Waals surface area contributed by atoms with E-state index in [1.807, 2.05) is 0 Å². The summed E-state index contributed by atoms with van der Waals surface area (Å²) in [6.45, 7) is 0. The Kier molecular flexibility index (Phi) is 3.71. The number of benzene rings is 2. The number of nitrogen functional groups attached to an aromatic ring is 1. The molecule has 0 spiro atoms. The molecule has 4 N–H and O–H groups in total. The molecular weight excluding hydrogens is 315 g/mol. The van der Waals surface area contributed by atoms with E-state index in [1.165, 1.54) is 36.4 Å². The molecule has 4 nitrogen and oxygen atoms in total. The van der Waals surface area contributed by atoms with Gasteiger partial charge in [0, 0.05) is 10.2 Å². The summed E-state index contributed by atoms with van der Waals surface area (Å²) in [5.74, 6) is -0.958. The summed E-state index contributed by atoms with van der Waals surface area (Å²) in [6, 6.07) is 7.98. The first-order chi connectivity index (χ1) is 8.97. The zero-order valence-corrected chi connectivity index (χ0v) is 11.2. The summed E-state index contributed by atoms with van der Waals surface area (Å²) in [4.78, 5) is 12.0. The van der Waals surface area contributed by atoms with Crippen molar-refractivity contribution in [1.82, 2.24) is 0 Å². The van der Waals surface area contributed by atoms with Gasteiger partial charge >= 0.3 is 0 Å². The molecule has 0 saturated carbocycles. The van der Waals surface area contributed by atoms with Gasteiger partial charge in [0.2, 0.25) is 0 Å². The molecule has 2 rings (SSSR count). The van der Waals surface area contributed by atoms with E-state index in [1.54, 1.807) is 0 Å². The van der Waals surface area contributed by atoms with Crippen LogP contribution in [0.5, 0.6) is 5.75 Å². The summed E-state index contributed by atoms with van der Waals surface area (Å²) < 4.78 is 13.3. The zero-order chi connectivity index (χ0) is 14.0. The van der Waals surface area contributed by atoms with Crippen LogP contribution in [-0.4, -0.2) is 11.0 Å². The van der Waals surface area contributed by atoms with Gasteiger partial charge in [-0.1, -0.05) is 0 Å². The van der Waals surface area contributed by atoms with E-state index in [-0.39, 0.29) is 17.0 Å². The predicted octanol–water partition coefficient (Wildman–Crippen LogP) is 3.13. The Hall–Kier alpha value is -2.08. The highest BCUT2D eigenvalue weighted by molar-refractivity contribution is 9.10. The Morgan fingerprint density at radius 3 is 2.68 bits per heavy atom. The Morgan fingerprint density at radius 2 is 2.00 bits per heavy atom. The SMILES string of the molecule is Nc1ccc(O)cc1C(=O)Nc1ccc(F)cc1Br. The molecule has 0 radical (unpaired) electrons. The Balaban J connectivity index is 2.28. The van der Waals surface area contributed by atoms with Gasteiger partial charge < -0.3 is 16.2 Å². The number of anilines is 2. The van der Waals surface area contributed by atoms with Crippen LogP contribution in [0.25, 0.3) is 0 Å². The van der Waals surface area contributed by atoms with E-state index in [4.69, 9.17) is 5.73 Å². The molecule has 0 bridgehead atoms. The number of amides is 1. The van der Waals surface area contributed by atoms with Gasteiger partial charge in [0.25, 0.3) is 5.91 Å². The van der Waals surface area contributed by atoms with Crippen LogP contribution in [0.3, 0.4) is 0 Å². The molecule has 0 aliphatic carbocycles. The average molecular weight is 325 g/mol. The second kappa shape index (κ2) is 5.27. The smallest absolute Gasteiger partial charge is 0.257 e. The molecule has 2 aromatic carbocycles. The maximum Gasteiger partial charge on any atom is 0.257 e. The summed E-state index contributed by atoms with van der Waals surface area (Å²) in [5, 5.41) is 11.9. The first-order valence-corrected chi connectivity index (χ1v) is 6.11. The van der Waals surface area contributed by atoms with Crippen molar-refractivity contribution in [3.63, 3.8) is 0 Å². The van der Waals surface area contributed by atoms with Crippen LogP contribution in [0.2, 0.25) is 0 Å². The van der Waals surface area contributed by atoms with E-state index in [0.717, 1.165) is 0 Å². The summed E-state index contributed by atoms with van der Waals surface area (Å²) in [6.07, 6.45) is 0. The van der Waals surface area contributed by atoms with Crippen LogP contribution in [0.4, 0.5) is 15.8 Å². The van der Waals surface area contributed by atoms with Gasteiger partial charge in [-0.3, -0.25) is 4.79 Å². The maximum absolute atomic E-state index is 12.9. The van der Waals surface area contributed by atoms with Crippen LogP contribution in [0.1, 0.15) is 10.4 Å². The Labute approximate surface area is 117 Å². The molecule has 0 fully saturated rings. The fourth-order valence-electron chi connectivity index (χ4n) is 1.52. The molecule has 0 heterocycles. The maximum atomic E-state index is 12.9. The number of hydrogen-bond acceptors (Lipinski definition) is 3. The molecule has 6 heteroatoms. The number of aromatic hydroxyl groups is 1. The highest BCUT2D eigenvalue weighted by Gasteiger charge is 2.12. The lowest BCUT2D eigenvalue weighted by atomic mass is 10.1. The van der Waals surface area contributed by atoms with Crippen LogP contribution < -0.4 is 11.1 Å². The first-order valence-electron chi connectivity index (χ1n) is 5.32. The minimum atomic E-state index is -0.485. The van der Waals surface area contributed by atoms with Gasteiger partial charge in [-0.2, -0.15) is 0 Å². The molecule has 0 unspecified atom stereocenters. The second-order valence-electron chi connectivity index (χ2n) is 3.85. The van der Waals surface area contributed by atoms with E-state index >= 15 is 0 Å². The highest BCUT2D eigenvalue weighted by atomic mass is 79.9. The zero-order valence-electron chi connectivity index (χ0n) is 9.65. The molecule has 0 aromatic heterocycles. The molecular formula is C13H10BrFN2O2. The molecule has 98 valence electrons. The number of nitrogens with two attached hydrogens (primary N) is 1. The van der Waals surface area contributed by atoms with E-state index in [2.05, 4.69) is 21.2 Å². The Morgan fingerprint density at radius 1 is 1.26 bits per heavy atom. The quantitative estimate of drug-likeness (QED) is 0.586. The molecule has 0 atom stereocenters.